The van der Waals surface area contributed by atoms with Crippen LogP contribution in [0.15, 0.2) is 53.4 Å². The highest BCUT2D eigenvalue weighted by molar-refractivity contribution is 7.89. The molecule has 2 saturated heterocycles. The van der Waals surface area contributed by atoms with Gasteiger partial charge in [0.1, 0.15) is 5.75 Å². The van der Waals surface area contributed by atoms with Crippen LogP contribution in [0.2, 0.25) is 0 Å². The molecule has 0 saturated carbocycles. The summed E-state index contributed by atoms with van der Waals surface area (Å²) in [5, 5.41) is 0. The number of amides is 1. The van der Waals surface area contributed by atoms with Gasteiger partial charge in [0, 0.05) is 51.4 Å². The van der Waals surface area contributed by atoms with E-state index in [0.717, 1.165) is 57.5 Å². The Morgan fingerprint density at radius 3 is 2.03 bits per heavy atom. The molecule has 0 N–H and O–H groups in total. The van der Waals surface area contributed by atoms with Gasteiger partial charge in [-0.05, 0) is 61.2 Å². The minimum Gasteiger partial charge on any atom is -0.497 e. The Kier molecular flexibility index (Phi) is 8.24. The Morgan fingerprint density at radius 1 is 0.824 bits per heavy atom. The fraction of sp³-hybridized carbons (Fsp3) is 0.500. The first kappa shape index (κ1) is 24.7. The van der Waals surface area contributed by atoms with E-state index in [-0.39, 0.29) is 10.8 Å². The molecular weight excluding hydrogens is 450 g/mol. The Labute approximate surface area is 203 Å². The molecule has 34 heavy (non-hydrogen) atoms. The van der Waals surface area contributed by atoms with Crippen LogP contribution in [0, 0.1) is 0 Å². The number of methoxy groups -OCH3 is 1. The van der Waals surface area contributed by atoms with E-state index >= 15 is 0 Å². The Balaban J connectivity index is 1.28. The second-order valence-corrected chi connectivity index (χ2v) is 11.0. The first-order valence-corrected chi connectivity index (χ1v) is 13.7. The van der Waals surface area contributed by atoms with Gasteiger partial charge >= 0.3 is 0 Å². The molecule has 2 aliphatic rings. The van der Waals surface area contributed by atoms with E-state index in [0.29, 0.717) is 31.7 Å². The van der Waals surface area contributed by atoms with E-state index in [1.807, 2.05) is 17.0 Å². The van der Waals surface area contributed by atoms with Gasteiger partial charge in [0.15, 0.2) is 0 Å². The predicted molar refractivity (Wildman–Crippen MR) is 133 cm³/mol. The molecule has 8 heteroatoms. The average molecular weight is 486 g/mol. The molecule has 2 aromatic carbocycles. The van der Waals surface area contributed by atoms with Gasteiger partial charge in [0.05, 0.1) is 12.0 Å². The summed E-state index contributed by atoms with van der Waals surface area (Å²) in [6.45, 7) is 5.13. The summed E-state index contributed by atoms with van der Waals surface area (Å²) in [7, 11) is -1.83. The van der Waals surface area contributed by atoms with Crippen LogP contribution in [0.25, 0.3) is 0 Å². The summed E-state index contributed by atoms with van der Waals surface area (Å²) >= 11 is 0. The maximum absolute atomic E-state index is 13.0. The van der Waals surface area contributed by atoms with Crippen LogP contribution in [0.5, 0.6) is 5.75 Å². The number of carbonyl (C=O) groups is 1. The molecule has 0 aromatic heterocycles. The van der Waals surface area contributed by atoms with Crippen LogP contribution in [0.1, 0.15) is 41.6 Å². The maximum atomic E-state index is 13.0. The van der Waals surface area contributed by atoms with Gasteiger partial charge in [0.25, 0.3) is 5.91 Å². The number of nitrogens with zero attached hydrogens (tertiary/aromatic N) is 3. The van der Waals surface area contributed by atoms with Crippen molar-refractivity contribution in [3.05, 3.63) is 59.7 Å². The van der Waals surface area contributed by atoms with Crippen LogP contribution in [-0.2, 0) is 16.4 Å². The molecular formula is C26H35N3O4S. The second-order valence-electron chi connectivity index (χ2n) is 9.07. The van der Waals surface area contributed by atoms with Gasteiger partial charge in [-0.1, -0.05) is 25.0 Å². The Bertz CT molecular complexity index is 1040. The molecule has 2 aliphatic heterocycles. The lowest BCUT2D eigenvalue weighted by Gasteiger charge is -2.34. The molecule has 7 nitrogen and oxygen atoms in total. The zero-order chi connectivity index (χ0) is 24.0. The molecule has 0 bridgehead atoms. The van der Waals surface area contributed by atoms with Crippen molar-refractivity contribution < 1.29 is 17.9 Å². The number of sulfonamides is 1. The molecule has 2 aromatic rings. The number of carbonyl (C=O) groups excluding carboxylic acids is 1. The van der Waals surface area contributed by atoms with E-state index in [1.165, 1.54) is 5.56 Å². The van der Waals surface area contributed by atoms with Crippen LogP contribution in [0.4, 0.5) is 0 Å². The minimum atomic E-state index is -3.50. The third-order valence-electron chi connectivity index (χ3n) is 6.84. The van der Waals surface area contributed by atoms with Gasteiger partial charge in [0.2, 0.25) is 10.0 Å². The summed E-state index contributed by atoms with van der Waals surface area (Å²) in [4.78, 5) is 17.5. The van der Waals surface area contributed by atoms with Crippen molar-refractivity contribution in [2.75, 3.05) is 52.9 Å². The molecule has 0 unspecified atom stereocenters. The molecule has 184 valence electrons. The topological polar surface area (TPSA) is 70.2 Å². The number of hydrogen-bond acceptors (Lipinski definition) is 5. The van der Waals surface area contributed by atoms with Crippen molar-refractivity contribution in [3.8, 4) is 5.75 Å². The van der Waals surface area contributed by atoms with E-state index in [2.05, 4.69) is 17.0 Å². The summed E-state index contributed by atoms with van der Waals surface area (Å²) in [5.41, 5.74) is 1.82. The summed E-state index contributed by atoms with van der Waals surface area (Å²) < 4.78 is 32.7. The third-order valence-corrected chi connectivity index (χ3v) is 8.75. The second kappa shape index (κ2) is 11.3. The zero-order valence-corrected chi connectivity index (χ0v) is 20.8. The van der Waals surface area contributed by atoms with E-state index in [4.69, 9.17) is 4.74 Å². The van der Waals surface area contributed by atoms with Gasteiger partial charge in [-0.25, -0.2) is 8.42 Å². The quantitative estimate of drug-likeness (QED) is 0.602. The Morgan fingerprint density at radius 2 is 1.44 bits per heavy atom. The van der Waals surface area contributed by atoms with Gasteiger partial charge in [-0.15, -0.1) is 0 Å². The molecule has 1 amide bonds. The molecule has 2 heterocycles. The van der Waals surface area contributed by atoms with Crippen LogP contribution >= 0.6 is 0 Å². The number of piperazine rings is 1. The highest BCUT2D eigenvalue weighted by Gasteiger charge is 2.26. The molecule has 0 atom stereocenters. The van der Waals surface area contributed by atoms with Crippen LogP contribution in [0.3, 0.4) is 0 Å². The molecule has 0 aliphatic carbocycles. The lowest BCUT2D eigenvalue weighted by Crippen LogP contribution is -2.49. The van der Waals surface area contributed by atoms with Crippen LogP contribution < -0.4 is 4.74 Å². The van der Waals surface area contributed by atoms with E-state index in [1.54, 1.807) is 35.7 Å². The zero-order valence-electron chi connectivity index (χ0n) is 20.0. The summed E-state index contributed by atoms with van der Waals surface area (Å²) in [6.07, 6.45) is 4.93. The van der Waals surface area contributed by atoms with Crippen molar-refractivity contribution in [2.45, 2.75) is 37.0 Å². The lowest BCUT2D eigenvalue weighted by atomic mass is 10.1. The van der Waals surface area contributed by atoms with E-state index in [9.17, 15) is 13.2 Å². The summed E-state index contributed by atoms with van der Waals surface area (Å²) in [6, 6.07) is 14.6. The fourth-order valence-corrected chi connectivity index (χ4v) is 6.15. The van der Waals surface area contributed by atoms with Gasteiger partial charge in [-0.2, -0.15) is 4.31 Å². The smallest absolute Gasteiger partial charge is 0.253 e. The summed E-state index contributed by atoms with van der Waals surface area (Å²) in [5.74, 6) is 0.831. The molecule has 2 fully saturated rings. The number of benzene rings is 2. The normalized spacial score (nSPS) is 18.4. The average Bonchev–Trinajstić information content (AvgIpc) is 3.18. The maximum Gasteiger partial charge on any atom is 0.253 e. The van der Waals surface area contributed by atoms with Crippen molar-refractivity contribution in [1.82, 2.24) is 14.1 Å². The van der Waals surface area contributed by atoms with Gasteiger partial charge < -0.3 is 9.64 Å². The Hall–Kier alpha value is -2.42. The number of hydrogen-bond donors (Lipinski definition) is 0. The minimum absolute atomic E-state index is 0.0338. The molecule has 4 rings (SSSR count). The third kappa shape index (κ3) is 5.98. The highest BCUT2D eigenvalue weighted by Crippen LogP contribution is 2.21. The fourth-order valence-electron chi connectivity index (χ4n) is 4.64. The monoisotopic (exact) mass is 485 g/mol. The predicted octanol–water partition coefficient (Wildman–Crippen LogP) is 3.26. The largest absolute Gasteiger partial charge is 0.497 e. The lowest BCUT2D eigenvalue weighted by molar-refractivity contribution is 0.0638. The standard InChI is InChI=1S/C26H35N3O4S/c1-33-24-10-6-22(7-11-24)14-17-27-18-20-28(21-19-27)26(30)23-8-12-25(13-9-23)34(31,32)29-15-4-2-3-5-16-29/h6-13H,2-5,14-21H2,1H3. The SMILES string of the molecule is COc1ccc(CCN2CCN(C(=O)c3ccc(S(=O)(=O)N4CCCCCC4)cc3)CC2)cc1. The molecule has 0 spiro atoms. The van der Waals surface area contributed by atoms with Crippen molar-refractivity contribution in [2.24, 2.45) is 0 Å². The van der Waals surface area contributed by atoms with Crippen molar-refractivity contribution in [1.29, 1.82) is 0 Å². The molecule has 0 radical (unpaired) electrons. The first-order chi connectivity index (χ1) is 16.5. The van der Waals surface area contributed by atoms with Crippen molar-refractivity contribution in [3.63, 3.8) is 0 Å². The first-order valence-electron chi connectivity index (χ1n) is 12.2. The number of rotatable bonds is 7. The van der Waals surface area contributed by atoms with Crippen LogP contribution in [-0.4, -0.2) is 81.4 Å². The highest BCUT2D eigenvalue weighted by atomic mass is 32.2. The van der Waals surface area contributed by atoms with Gasteiger partial charge in [-0.3, -0.25) is 9.69 Å². The number of ether oxygens (including phenoxy) is 1. The van der Waals surface area contributed by atoms with E-state index < -0.39 is 10.0 Å². The van der Waals surface area contributed by atoms with Crippen molar-refractivity contribution >= 4 is 15.9 Å².